The summed E-state index contributed by atoms with van der Waals surface area (Å²) >= 11 is 0. The number of anilines is 1. The minimum Gasteiger partial charge on any atom is -0.493 e. The van der Waals surface area contributed by atoms with E-state index in [0.717, 1.165) is 11.6 Å². The number of nitrogens with one attached hydrogen (secondary N) is 1. The van der Waals surface area contributed by atoms with Crippen LogP contribution in [0.5, 0.6) is 11.5 Å². The van der Waals surface area contributed by atoms with Gasteiger partial charge in [0, 0.05) is 5.69 Å². The molecule has 0 fully saturated rings. The molecule has 0 radical (unpaired) electrons. The highest BCUT2D eigenvalue weighted by Crippen LogP contribution is 2.37. The molecule has 1 atom stereocenters. The molecule has 0 spiro atoms. The topological polar surface area (TPSA) is 30.5 Å². The standard InChI is InChI=1S/C19H20F3NO2/c1-4-7-15(13-10-11-17(24-2)18(12-13)25-3)23-16-9-6-5-8-14(16)19(20,21)22/h4-6,8-12,15,23H,1,7H2,2-3H3. The predicted octanol–water partition coefficient (Wildman–Crippen LogP) is 5.45. The first-order valence-corrected chi connectivity index (χ1v) is 7.66. The van der Waals surface area contributed by atoms with Crippen LogP contribution in [-0.4, -0.2) is 14.2 Å². The van der Waals surface area contributed by atoms with Gasteiger partial charge in [-0.1, -0.05) is 24.3 Å². The van der Waals surface area contributed by atoms with Crippen LogP contribution in [0.4, 0.5) is 18.9 Å². The van der Waals surface area contributed by atoms with Crippen molar-refractivity contribution < 1.29 is 22.6 Å². The van der Waals surface area contributed by atoms with Crippen molar-refractivity contribution in [1.82, 2.24) is 0 Å². The molecular weight excluding hydrogens is 331 g/mol. The first-order chi connectivity index (χ1) is 11.9. The molecule has 0 saturated carbocycles. The lowest BCUT2D eigenvalue weighted by Gasteiger charge is -2.23. The van der Waals surface area contributed by atoms with Gasteiger partial charge in [0.05, 0.1) is 25.8 Å². The van der Waals surface area contributed by atoms with Gasteiger partial charge in [0.2, 0.25) is 0 Å². The third-order valence-electron chi connectivity index (χ3n) is 3.77. The van der Waals surface area contributed by atoms with E-state index in [2.05, 4.69) is 11.9 Å². The number of methoxy groups -OCH3 is 2. The average molecular weight is 351 g/mol. The lowest BCUT2D eigenvalue weighted by Crippen LogP contribution is -2.15. The largest absolute Gasteiger partial charge is 0.493 e. The number of rotatable bonds is 7. The average Bonchev–Trinajstić information content (AvgIpc) is 2.60. The molecule has 134 valence electrons. The minimum atomic E-state index is -4.43. The van der Waals surface area contributed by atoms with Crippen LogP contribution in [0.2, 0.25) is 0 Å². The molecule has 0 aliphatic rings. The zero-order valence-electron chi connectivity index (χ0n) is 14.1. The van der Waals surface area contributed by atoms with E-state index in [1.807, 2.05) is 0 Å². The van der Waals surface area contributed by atoms with Crippen molar-refractivity contribution in [1.29, 1.82) is 0 Å². The van der Waals surface area contributed by atoms with Gasteiger partial charge in [-0.2, -0.15) is 13.2 Å². The van der Waals surface area contributed by atoms with Gasteiger partial charge in [-0.05, 0) is 36.2 Å². The maximum atomic E-state index is 13.2. The quantitative estimate of drug-likeness (QED) is 0.673. The fraction of sp³-hybridized carbons (Fsp3) is 0.263. The number of para-hydroxylation sites is 1. The molecule has 25 heavy (non-hydrogen) atoms. The minimum absolute atomic E-state index is 0.0247. The van der Waals surface area contributed by atoms with E-state index in [1.165, 1.54) is 26.4 Å². The Labute approximate surface area is 145 Å². The predicted molar refractivity (Wildman–Crippen MR) is 92.2 cm³/mol. The normalized spacial score (nSPS) is 12.4. The molecule has 2 rings (SSSR count). The third kappa shape index (κ3) is 4.47. The second-order valence-corrected chi connectivity index (χ2v) is 5.38. The van der Waals surface area contributed by atoms with Crippen LogP contribution in [0.15, 0.2) is 55.1 Å². The zero-order chi connectivity index (χ0) is 18.4. The molecule has 3 nitrogen and oxygen atoms in total. The van der Waals surface area contributed by atoms with Crippen molar-refractivity contribution in [3.8, 4) is 11.5 Å². The Morgan fingerprint density at radius 2 is 1.76 bits per heavy atom. The van der Waals surface area contributed by atoms with E-state index in [-0.39, 0.29) is 11.7 Å². The molecule has 0 amide bonds. The first-order valence-electron chi connectivity index (χ1n) is 7.66. The summed E-state index contributed by atoms with van der Waals surface area (Å²) in [5.74, 6) is 1.07. The van der Waals surface area contributed by atoms with E-state index < -0.39 is 11.7 Å². The number of halogens is 3. The maximum Gasteiger partial charge on any atom is 0.418 e. The van der Waals surface area contributed by atoms with E-state index >= 15 is 0 Å². The summed E-state index contributed by atoms with van der Waals surface area (Å²) < 4.78 is 50.1. The van der Waals surface area contributed by atoms with Crippen LogP contribution in [0.3, 0.4) is 0 Å². The number of benzene rings is 2. The van der Waals surface area contributed by atoms with Crippen molar-refractivity contribution in [3.05, 3.63) is 66.2 Å². The highest BCUT2D eigenvalue weighted by molar-refractivity contribution is 5.55. The Bertz CT molecular complexity index is 729. The maximum absolute atomic E-state index is 13.2. The molecule has 2 aromatic carbocycles. The van der Waals surface area contributed by atoms with Gasteiger partial charge < -0.3 is 14.8 Å². The third-order valence-corrected chi connectivity index (χ3v) is 3.77. The van der Waals surface area contributed by atoms with Gasteiger partial charge in [0.25, 0.3) is 0 Å². The first kappa shape index (κ1) is 18.7. The number of hydrogen-bond donors (Lipinski definition) is 1. The lowest BCUT2D eigenvalue weighted by molar-refractivity contribution is -0.137. The fourth-order valence-electron chi connectivity index (χ4n) is 2.56. The Morgan fingerprint density at radius 1 is 1.08 bits per heavy atom. The van der Waals surface area contributed by atoms with Crippen LogP contribution in [-0.2, 0) is 6.18 Å². The zero-order valence-corrected chi connectivity index (χ0v) is 14.1. The Hall–Kier alpha value is -2.63. The smallest absolute Gasteiger partial charge is 0.418 e. The van der Waals surface area contributed by atoms with Gasteiger partial charge in [-0.3, -0.25) is 0 Å². The summed E-state index contributed by atoms with van der Waals surface area (Å²) in [5.41, 5.74) is 0.0932. The number of alkyl halides is 3. The summed E-state index contributed by atoms with van der Waals surface area (Å²) in [6.07, 6.45) is -2.33. The van der Waals surface area contributed by atoms with E-state index in [9.17, 15) is 13.2 Å². The molecule has 0 aliphatic heterocycles. The van der Waals surface area contributed by atoms with Crippen LogP contribution >= 0.6 is 0 Å². The Balaban J connectivity index is 2.39. The van der Waals surface area contributed by atoms with Gasteiger partial charge >= 0.3 is 6.18 Å². The molecule has 1 N–H and O–H groups in total. The molecule has 0 bridgehead atoms. The molecule has 0 aromatic heterocycles. The summed E-state index contributed by atoms with van der Waals surface area (Å²) in [4.78, 5) is 0. The summed E-state index contributed by atoms with van der Waals surface area (Å²) in [6.45, 7) is 3.70. The van der Waals surface area contributed by atoms with E-state index in [0.29, 0.717) is 17.9 Å². The number of hydrogen-bond acceptors (Lipinski definition) is 3. The molecule has 0 aliphatic carbocycles. The molecular formula is C19H20F3NO2. The summed E-state index contributed by atoms with van der Waals surface area (Å²) in [7, 11) is 3.03. The molecule has 0 saturated heterocycles. The van der Waals surface area contributed by atoms with Crippen molar-refractivity contribution in [2.75, 3.05) is 19.5 Å². The van der Waals surface area contributed by atoms with Crippen LogP contribution in [0.25, 0.3) is 0 Å². The second-order valence-electron chi connectivity index (χ2n) is 5.38. The lowest BCUT2D eigenvalue weighted by atomic mass is 10.0. The van der Waals surface area contributed by atoms with Gasteiger partial charge in [-0.15, -0.1) is 6.58 Å². The Kier molecular flexibility index (Phi) is 5.96. The van der Waals surface area contributed by atoms with Crippen molar-refractivity contribution in [2.45, 2.75) is 18.6 Å². The highest BCUT2D eigenvalue weighted by atomic mass is 19.4. The molecule has 1 unspecified atom stereocenters. The van der Waals surface area contributed by atoms with Crippen molar-refractivity contribution >= 4 is 5.69 Å². The van der Waals surface area contributed by atoms with Crippen molar-refractivity contribution in [3.63, 3.8) is 0 Å². The van der Waals surface area contributed by atoms with Gasteiger partial charge in [0.1, 0.15) is 0 Å². The molecule has 6 heteroatoms. The Morgan fingerprint density at radius 3 is 2.36 bits per heavy atom. The van der Waals surface area contributed by atoms with E-state index in [4.69, 9.17) is 9.47 Å². The van der Waals surface area contributed by atoms with Gasteiger partial charge in [0.15, 0.2) is 11.5 Å². The second kappa shape index (κ2) is 7.96. The monoisotopic (exact) mass is 351 g/mol. The summed E-state index contributed by atoms with van der Waals surface area (Å²) in [6, 6.07) is 10.3. The fourth-order valence-corrected chi connectivity index (χ4v) is 2.56. The summed E-state index contributed by atoms with van der Waals surface area (Å²) in [5, 5.41) is 2.97. The number of ether oxygens (including phenoxy) is 2. The SMILES string of the molecule is C=CCC(Nc1ccccc1C(F)(F)F)c1ccc(OC)c(OC)c1. The molecule has 2 aromatic rings. The van der Waals surface area contributed by atoms with Crippen LogP contribution in [0, 0.1) is 0 Å². The van der Waals surface area contributed by atoms with Crippen molar-refractivity contribution in [2.24, 2.45) is 0 Å². The molecule has 0 heterocycles. The highest BCUT2D eigenvalue weighted by Gasteiger charge is 2.33. The van der Waals surface area contributed by atoms with Crippen LogP contribution < -0.4 is 14.8 Å². The van der Waals surface area contributed by atoms with E-state index in [1.54, 1.807) is 30.3 Å². The van der Waals surface area contributed by atoms with Crippen LogP contribution in [0.1, 0.15) is 23.6 Å². The van der Waals surface area contributed by atoms with Gasteiger partial charge in [-0.25, -0.2) is 0 Å².